The zero-order chi connectivity index (χ0) is 7.98. The molecule has 0 bridgehead atoms. The molecule has 0 spiro atoms. The molecule has 2 nitrogen and oxygen atoms in total. The third-order valence-electron chi connectivity index (χ3n) is 1.15. The molecule has 0 rings (SSSR count). The van der Waals surface area contributed by atoms with Gasteiger partial charge in [0.1, 0.15) is 6.29 Å². The van der Waals surface area contributed by atoms with Gasteiger partial charge >= 0.3 is 0 Å². The lowest BCUT2D eigenvalue weighted by molar-refractivity contribution is -0.123. The van der Waals surface area contributed by atoms with E-state index in [4.69, 9.17) is 0 Å². The lowest BCUT2D eigenvalue weighted by atomic mass is 10.0. The van der Waals surface area contributed by atoms with Crippen molar-refractivity contribution in [1.29, 1.82) is 0 Å². The van der Waals surface area contributed by atoms with E-state index in [-0.39, 0.29) is 5.78 Å². The monoisotopic (exact) mass is 138 g/mol. The van der Waals surface area contributed by atoms with Gasteiger partial charge in [-0.1, -0.05) is 12.7 Å². The first-order valence-corrected chi connectivity index (χ1v) is 2.98. The first-order chi connectivity index (χ1) is 4.76. The van der Waals surface area contributed by atoms with Crippen LogP contribution in [0.1, 0.15) is 6.42 Å². The molecule has 1 unspecified atom stereocenters. The second-order valence-corrected chi connectivity index (χ2v) is 1.87. The predicted molar refractivity (Wildman–Crippen MR) is 39.6 cm³/mol. The molecule has 0 saturated heterocycles. The van der Waals surface area contributed by atoms with Crippen molar-refractivity contribution in [3.05, 3.63) is 25.3 Å². The minimum Gasteiger partial charge on any atom is -0.303 e. The third-order valence-corrected chi connectivity index (χ3v) is 1.15. The Kier molecular flexibility index (Phi) is 4.12. The van der Waals surface area contributed by atoms with Crippen LogP contribution in [0.5, 0.6) is 0 Å². The number of rotatable bonds is 5. The summed E-state index contributed by atoms with van der Waals surface area (Å²) in [6.45, 7) is 6.69. The van der Waals surface area contributed by atoms with Crippen molar-refractivity contribution in [3.63, 3.8) is 0 Å². The number of carbonyl (C=O) groups is 2. The normalized spacial score (nSPS) is 11.6. The van der Waals surface area contributed by atoms with Crippen molar-refractivity contribution >= 4 is 12.1 Å². The Morgan fingerprint density at radius 1 is 1.50 bits per heavy atom. The molecule has 54 valence electrons. The van der Waals surface area contributed by atoms with Gasteiger partial charge in [0.25, 0.3) is 0 Å². The molecule has 0 aromatic heterocycles. The zero-order valence-corrected chi connectivity index (χ0v) is 5.75. The van der Waals surface area contributed by atoms with Gasteiger partial charge in [0.15, 0.2) is 5.78 Å². The van der Waals surface area contributed by atoms with E-state index >= 15 is 0 Å². The number of carbonyl (C=O) groups excluding carboxylic acids is 2. The molecule has 0 aliphatic rings. The quantitative estimate of drug-likeness (QED) is 0.247. The topological polar surface area (TPSA) is 34.1 Å². The average Bonchev–Trinajstić information content (AvgIpc) is 1.99. The highest BCUT2D eigenvalue weighted by molar-refractivity contribution is 6.00. The Bertz CT molecular complexity index is 159. The van der Waals surface area contributed by atoms with E-state index in [0.717, 1.165) is 6.08 Å². The summed E-state index contributed by atoms with van der Waals surface area (Å²) in [5.41, 5.74) is 0. The van der Waals surface area contributed by atoms with Crippen molar-refractivity contribution in [2.45, 2.75) is 6.42 Å². The van der Waals surface area contributed by atoms with Gasteiger partial charge in [0, 0.05) is 0 Å². The molecular formula is C8H10O2. The standard InChI is InChI=1S/C8H10O2/c1-3-5-7(6-9)8(10)4-2/h3-4,6-7H,1-2,5H2. The SMILES string of the molecule is C=CCC(C=O)C(=O)C=C. The van der Waals surface area contributed by atoms with E-state index in [9.17, 15) is 9.59 Å². The Morgan fingerprint density at radius 2 is 2.10 bits per heavy atom. The van der Waals surface area contributed by atoms with Gasteiger partial charge in [-0.05, 0) is 12.5 Å². The van der Waals surface area contributed by atoms with Crippen LogP contribution in [-0.2, 0) is 9.59 Å². The molecule has 0 amide bonds. The van der Waals surface area contributed by atoms with Crippen LogP contribution >= 0.6 is 0 Å². The van der Waals surface area contributed by atoms with E-state index in [1.165, 1.54) is 0 Å². The summed E-state index contributed by atoms with van der Waals surface area (Å²) < 4.78 is 0. The second kappa shape index (κ2) is 4.68. The summed E-state index contributed by atoms with van der Waals surface area (Å²) in [4.78, 5) is 20.9. The van der Waals surface area contributed by atoms with Gasteiger partial charge in [-0.25, -0.2) is 0 Å². The number of hydrogen-bond donors (Lipinski definition) is 0. The van der Waals surface area contributed by atoms with Crippen LogP contribution in [-0.4, -0.2) is 12.1 Å². The highest BCUT2D eigenvalue weighted by atomic mass is 16.1. The molecule has 0 aliphatic heterocycles. The van der Waals surface area contributed by atoms with E-state index < -0.39 is 5.92 Å². The Hall–Kier alpha value is -1.18. The summed E-state index contributed by atoms with van der Waals surface area (Å²) in [7, 11) is 0. The number of hydrogen-bond acceptors (Lipinski definition) is 2. The van der Waals surface area contributed by atoms with Gasteiger partial charge < -0.3 is 4.79 Å². The van der Waals surface area contributed by atoms with Crippen LogP contribution in [0.2, 0.25) is 0 Å². The van der Waals surface area contributed by atoms with E-state index in [0.29, 0.717) is 12.7 Å². The first-order valence-electron chi connectivity index (χ1n) is 2.98. The maximum absolute atomic E-state index is 10.7. The molecule has 0 aromatic carbocycles. The van der Waals surface area contributed by atoms with Crippen LogP contribution < -0.4 is 0 Å². The first kappa shape index (κ1) is 8.82. The van der Waals surface area contributed by atoms with Gasteiger partial charge in [-0.2, -0.15) is 0 Å². The van der Waals surface area contributed by atoms with Crippen molar-refractivity contribution in [2.75, 3.05) is 0 Å². The maximum atomic E-state index is 10.7. The largest absolute Gasteiger partial charge is 0.303 e. The van der Waals surface area contributed by atoms with Crippen LogP contribution in [0.15, 0.2) is 25.3 Å². The molecule has 0 N–H and O–H groups in total. The molecule has 1 atom stereocenters. The number of allylic oxidation sites excluding steroid dienone is 2. The fraction of sp³-hybridized carbons (Fsp3) is 0.250. The smallest absolute Gasteiger partial charge is 0.165 e. The molecular weight excluding hydrogens is 128 g/mol. The molecule has 0 aromatic rings. The highest BCUT2D eigenvalue weighted by Crippen LogP contribution is 2.01. The van der Waals surface area contributed by atoms with Gasteiger partial charge in [0.05, 0.1) is 5.92 Å². The molecule has 0 heterocycles. The van der Waals surface area contributed by atoms with E-state index in [1.54, 1.807) is 6.08 Å². The zero-order valence-electron chi connectivity index (χ0n) is 5.75. The fourth-order valence-corrected chi connectivity index (χ4v) is 0.570. The minimum absolute atomic E-state index is 0.241. The predicted octanol–water partition coefficient (Wildman–Crippen LogP) is 1.13. The molecule has 0 saturated carbocycles. The lowest BCUT2D eigenvalue weighted by Crippen LogP contribution is -2.11. The third kappa shape index (κ3) is 2.40. The second-order valence-electron chi connectivity index (χ2n) is 1.87. The minimum atomic E-state index is -0.574. The van der Waals surface area contributed by atoms with Crippen LogP contribution in [0.4, 0.5) is 0 Å². The van der Waals surface area contributed by atoms with Gasteiger partial charge in [0.2, 0.25) is 0 Å². The summed E-state index contributed by atoms with van der Waals surface area (Å²) in [6.07, 6.45) is 3.71. The number of ketones is 1. The Morgan fingerprint density at radius 3 is 2.40 bits per heavy atom. The van der Waals surface area contributed by atoms with Crippen molar-refractivity contribution in [2.24, 2.45) is 5.92 Å². The molecule has 2 heteroatoms. The van der Waals surface area contributed by atoms with Crippen molar-refractivity contribution in [1.82, 2.24) is 0 Å². The fourth-order valence-electron chi connectivity index (χ4n) is 0.570. The maximum Gasteiger partial charge on any atom is 0.165 e. The summed E-state index contributed by atoms with van der Waals surface area (Å²) in [5.74, 6) is -0.815. The van der Waals surface area contributed by atoms with Crippen molar-refractivity contribution in [3.8, 4) is 0 Å². The molecule has 0 aliphatic carbocycles. The van der Waals surface area contributed by atoms with Gasteiger partial charge in [-0.15, -0.1) is 6.58 Å². The average molecular weight is 138 g/mol. The highest BCUT2D eigenvalue weighted by Gasteiger charge is 2.11. The van der Waals surface area contributed by atoms with Gasteiger partial charge in [-0.3, -0.25) is 4.79 Å². The van der Waals surface area contributed by atoms with Crippen LogP contribution in [0, 0.1) is 5.92 Å². The van der Waals surface area contributed by atoms with E-state index in [2.05, 4.69) is 13.2 Å². The Labute approximate surface area is 60.2 Å². The molecule has 0 radical (unpaired) electrons. The van der Waals surface area contributed by atoms with Crippen LogP contribution in [0.25, 0.3) is 0 Å². The Balaban J connectivity index is 4.04. The molecule has 10 heavy (non-hydrogen) atoms. The number of aldehydes is 1. The summed E-state index contributed by atoms with van der Waals surface area (Å²) in [5, 5.41) is 0. The van der Waals surface area contributed by atoms with Crippen LogP contribution in [0.3, 0.4) is 0 Å². The van der Waals surface area contributed by atoms with Crippen molar-refractivity contribution < 1.29 is 9.59 Å². The summed E-state index contributed by atoms with van der Waals surface area (Å²) >= 11 is 0. The van der Waals surface area contributed by atoms with E-state index in [1.807, 2.05) is 0 Å². The summed E-state index contributed by atoms with van der Waals surface area (Å²) in [6, 6.07) is 0. The lowest BCUT2D eigenvalue weighted by Gasteiger charge is -1.99. The molecule has 0 fully saturated rings.